The molecule has 1 atom stereocenters. The van der Waals surface area contributed by atoms with Crippen molar-refractivity contribution in [1.29, 1.82) is 0 Å². The third-order valence-electron chi connectivity index (χ3n) is 6.40. The highest BCUT2D eigenvalue weighted by molar-refractivity contribution is 7.90. The van der Waals surface area contributed by atoms with Crippen LogP contribution in [0.5, 0.6) is 0 Å². The molecule has 0 N–H and O–H groups in total. The monoisotopic (exact) mass is 523 g/mol. The first-order valence-corrected chi connectivity index (χ1v) is 14.5. The van der Waals surface area contributed by atoms with Gasteiger partial charge in [0.05, 0.1) is 36.8 Å². The summed E-state index contributed by atoms with van der Waals surface area (Å²) >= 11 is 0. The lowest BCUT2D eigenvalue weighted by Crippen LogP contribution is -2.39. The lowest BCUT2D eigenvalue weighted by atomic mass is 9.91. The fourth-order valence-corrected chi connectivity index (χ4v) is 6.10. The number of carbonyl (C=O) groups is 1. The Morgan fingerprint density at radius 3 is 2.30 bits per heavy atom. The maximum absolute atomic E-state index is 13.5. The highest BCUT2D eigenvalue weighted by Crippen LogP contribution is 2.25. The molecule has 0 radical (unpaired) electrons. The van der Waals surface area contributed by atoms with Crippen LogP contribution in [-0.2, 0) is 38.2 Å². The molecule has 37 heavy (non-hydrogen) atoms. The Balaban J connectivity index is 1.68. The van der Waals surface area contributed by atoms with Crippen LogP contribution in [0.4, 0.5) is 0 Å². The fourth-order valence-electron chi connectivity index (χ4n) is 4.61. The Bertz CT molecular complexity index is 1280. The number of ether oxygens (including phenoxy) is 1. The summed E-state index contributed by atoms with van der Waals surface area (Å²) in [6.07, 6.45) is 3.90. The smallest absolute Gasteiger partial charge is 0.228 e. The van der Waals surface area contributed by atoms with Crippen molar-refractivity contribution < 1.29 is 17.9 Å². The second-order valence-electron chi connectivity index (χ2n) is 11.0. The molecule has 1 saturated heterocycles. The molecule has 8 heteroatoms. The summed E-state index contributed by atoms with van der Waals surface area (Å²) in [6.45, 7) is 7.95. The highest BCUT2D eigenvalue weighted by Gasteiger charge is 2.29. The van der Waals surface area contributed by atoms with Crippen molar-refractivity contribution in [2.75, 3.05) is 13.2 Å². The molecule has 0 spiro atoms. The molecule has 2 aromatic carbocycles. The molecule has 0 saturated carbocycles. The zero-order chi connectivity index (χ0) is 26.5. The molecule has 0 aliphatic carbocycles. The van der Waals surface area contributed by atoms with E-state index in [0.717, 1.165) is 18.4 Å². The molecule has 4 rings (SSSR count). The van der Waals surface area contributed by atoms with E-state index in [4.69, 9.17) is 4.74 Å². The van der Waals surface area contributed by atoms with E-state index in [0.29, 0.717) is 37.4 Å². The van der Waals surface area contributed by atoms with Crippen LogP contribution in [0, 0.1) is 5.41 Å². The number of hydrogen-bond acceptors (Lipinski definition) is 5. The van der Waals surface area contributed by atoms with Gasteiger partial charge in [-0.2, -0.15) is 0 Å². The van der Waals surface area contributed by atoms with Crippen molar-refractivity contribution in [1.82, 2.24) is 14.5 Å². The van der Waals surface area contributed by atoms with Crippen LogP contribution < -0.4 is 0 Å². The van der Waals surface area contributed by atoms with Crippen LogP contribution in [0.2, 0.25) is 0 Å². The lowest BCUT2D eigenvalue weighted by Gasteiger charge is -2.29. The van der Waals surface area contributed by atoms with Gasteiger partial charge >= 0.3 is 0 Å². The SMILES string of the molecule is CC(C)(C)CC(=O)N(Cc1cnc(S(=O)(=O)Cc2ccccc2)n1Cc1ccccc1)C[C@@H]1CCCO1. The summed E-state index contributed by atoms with van der Waals surface area (Å²) in [5, 5.41) is 0.0237. The summed E-state index contributed by atoms with van der Waals surface area (Å²) in [6, 6.07) is 18.9. The molecule has 198 valence electrons. The molecule has 0 unspecified atom stereocenters. The van der Waals surface area contributed by atoms with Crippen LogP contribution in [0.15, 0.2) is 72.0 Å². The largest absolute Gasteiger partial charge is 0.376 e. The van der Waals surface area contributed by atoms with Crippen molar-refractivity contribution in [3.05, 3.63) is 83.7 Å². The topological polar surface area (TPSA) is 81.5 Å². The van der Waals surface area contributed by atoms with E-state index in [9.17, 15) is 13.2 Å². The van der Waals surface area contributed by atoms with Crippen molar-refractivity contribution in [3.63, 3.8) is 0 Å². The highest BCUT2D eigenvalue weighted by atomic mass is 32.2. The summed E-state index contributed by atoms with van der Waals surface area (Å²) in [5.41, 5.74) is 2.19. The molecule has 2 heterocycles. The third-order valence-corrected chi connectivity index (χ3v) is 7.99. The quantitative estimate of drug-likeness (QED) is 0.380. The van der Waals surface area contributed by atoms with Crippen molar-refractivity contribution >= 4 is 15.7 Å². The number of imidazole rings is 1. The number of aromatic nitrogens is 2. The summed E-state index contributed by atoms with van der Waals surface area (Å²) < 4.78 is 34.6. The summed E-state index contributed by atoms with van der Waals surface area (Å²) in [4.78, 5) is 19.6. The number of hydrogen-bond donors (Lipinski definition) is 0. The van der Waals surface area contributed by atoms with Gasteiger partial charge in [-0.25, -0.2) is 13.4 Å². The average Bonchev–Trinajstić information content (AvgIpc) is 3.49. The van der Waals surface area contributed by atoms with Gasteiger partial charge in [0.25, 0.3) is 0 Å². The zero-order valence-corrected chi connectivity index (χ0v) is 22.8. The van der Waals surface area contributed by atoms with Crippen LogP contribution in [0.25, 0.3) is 0 Å². The molecule has 1 aliphatic heterocycles. The maximum Gasteiger partial charge on any atom is 0.228 e. The van der Waals surface area contributed by atoms with E-state index >= 15 is 0 Å². The Morgan fingerprint density at radius 2 is 1.70 bits per heavy atom. The predicted molar refractivity (Wildman–Crippen MR) is 144 cm³/mol. The molecule has 0 bridgehead atoms. The fraction of sp³-hybridized carbons (Fsp3) is 0.448. The number of sulfone groups is 1. The molecule has 3 aromatic rings. The minimum atomic E-state index is -3.73. The summed E-state index contributed by atoms with van der Waals surface area (Å²) in [5.74, 6) is -0.106. The number of carbonyl (C=O) groups excluding carboxylic acids is 1. The van der Waals surface area contributed by atoms with Crippen LogP contribution in [0.1, 0.15) is 56.9 Å². The molecule has 1 amide bonds. The number of nitrogens with zero attached hydrogens (tertiary/aromatic N) is 3. The van der Waals surface area contributed by atoms with E-state index in [2.05, 4.69) is 4.98 Å². The third kappa shape index (κ3) is 7.52. The van der Waals surface area contributed by atoms with Gasteiger partial charge < -0.3 is 14.2 Å². The van der Waals surface area contributed by atoms with Gasteiger partial charge in [0.2, 0.25) is 20.9 Å². The lowest BCUT2D eigenvalue weighted by molar-refractivity contribution is -0.135. The minimum Gasteiger partial charge on any atom is -0.376 e. The maximum atomic E-state index is 13.5. The molecule has 1 aromatic heterocycles. The van der Waals surface area contributed by atoms with Gasteiger partial charge in [-0.3, -0.25) is 4.79 Å². The second-order valence-corrected chi connectivity index (χ2v) is 12.9. The Labute approximate surface area is 220 Å². The molecular formula is C29H37N3O4S. The Hall–Kier alpha value is -2.97. The van der Waals surface area contributed by atoms with E-state index in [1.54, 1.807) is 22.9 Å². The molecule has 7 nitrogen and oxygen atoms in total. The first-order chi connectivity index (χ1) is 17.6. The Kier molecular flexibility index (Phi) is 8.49. The first kappa shape index (κ1) is 27.1. The molecular weight excluding hydrogens is 486 g/mol. The van der Waals surface area contributed by atoms with E-state index in [1.807, 2.05) is 74.2 Å². The standard InChI is InChI=1S/C29H37N3O4S/c1-29(2,3)17-27(33)31(21-26-15-10-16-36-26)20-25-18-30-28(32(25)19-23-11-6-4-7-12-23)37(34,35)22-24-13-8-5-9-14-24/h4-9,11-14,18,26H,10,15-17,19-22H2,1-3H3/t26-/m0/s1. The van der Waals surface area contributed by atoms with Gasteiger partial charge in [-0.05, 0) is 29.4 Å². The normalized spacial score (nSPS) is 16.1. The second kappa shape index (κ2) is 11.6. The van der Waals surface area contributed by atoms with Gasteiger partial charge in [-0.1, -0.05) is 81.4 Å². The Morgan fingerprint density at radius 1 is 1.05 bits per heavy atom. The van der Waals surface area contributed by atoms with E-state index in [1.165, 1.54) is 0 Å². The van der Waals surface area contributed by atoms with Crippen molar-refractivity contribution in [2.45, 2.75) is 70.1 Å². The first-order valence-electron chi connectivity index (χ1n) is 12.9. The summed E-state index contributed by atoms with van der Waals surface area (Å²) in [7, 11) is -3.73. The van der Waals surface area contributed by atoms with Crippen LogP contribution >= 0.6 is 0 Å². The number of rotatable bonds is 10. The predicted octanol–water partition coefficient (Wildman–Crippen LogP) is 4.85. The molecule has 1 fully saturated rings. The van der Waals surface area contributed by atoms with Crippen LogP contribution in [0.3, 0.4) is 0 Å². The minimum absolute atomic E-state index is 0.00398. The number of amides is 1. The van der Waals surface area contributed by atoms with Crippen LogP contribution in [-0.4, -0.2) is 48.0 Å². The van der Waals surface area contributed by atoms with Crippen molar-refractivity contribution in [2.24, 2.45) is 5.41 Å². The zero-order valence-electron chi connectivity index (χ0n) is 22.0. The number of benzene rings is 2. The van der Waals surface area contributed by atoms with Gasteiger partial charge in [0.1, 0.15) is 0 Å². The van der Waals surface area contributed by atoms with Gasteiger partial charge in [0, 0.05) is 19.6 Å². The van der Waals surface area contributed by atoms with Gasteiger partial charge in [-0.15, -0.1) is 0 Å². The average molecular weight is 524 g/mol. The van der Waals surface area contributed by atoms with E-state index in [-0.39, 0.29) is 34.9 Å². The van der Waals surface area contributed by atoms with Gasteiger partial charge in [0.15, 0.2) is 0 Å². The van der Waals surface area contributed by atoms with E-state index < -0.39 is 9.84 Å². The molecule has 1 aliphatic rings. The van der Waals surface area contributed by atoms with Crippen molar-refractivity contribution in [3.8, 4) is 0 Å².